The van der Waals surface area contributed by atoms with Crippen LogP contribution in [0.15, 0.2) is 47.2 Å². The summed E-state index contributed by atoms with van der Waals surface area (Å²) >= 11 is 0. The molecule has 0 aliphatic heterocycles. The number of aliphatic hydroxyl groups excluding tert-OH is 2. The molecular weight excluding hydrogens is 526 g/mol. The van der Waals surface area contributed by atoms with Crippen LogP contribution in [-0.2, 0) is 20.8 Å². The van der Waals surface area contributed by atoms with Crippen molar-refractivity contribution >= 4 is 23.2 Å². The van der Waals surface area contributed by atoms with Crippen LogP contribution in [0.5, 0.6) is 5.75 Å². The third kappa shape index (κ3) is 3.33. The highest BCUT2D eigenvalue weighted by Gasteiger charge is 2.71. The fraction of sp³-hybridized carbons (Fsp3) is 0.321. The lowest BCUT2D eigenvalue weighted by molar-refractivity contribution is -0.142. The zero-order chi connectivity index (χ0) is 29.7. The van der Waals surface area contributed by atoms with E-state index in [1.54, 1.807) is 0 Å². The summed E-state index contributed by atoms with van der Waals surface area (Å²) in [5.74, 6) is -6.93. The van der Waals surface area contributed by atoms with Gasteiger partial charge in [-0.3, -0.25) is 19.3 Å². The van der Waals surface area contributed by atoms with Gasteiger partial charge in [0.05, 0.1) is 28.3 Å². The van der Waals surface area contributed by atoms with E-state index >= 15 is 0 Å². The van der Waals surface area contributed by atoms with Crippen molar-refractivity contribution in [1.29, 1.82) is 0 Å². The summed E-state index contributed by atoms with van der Waals surface area (Å²) in [4.78, 5) is 41.4. The van der Waals surface area contributed by atoms with E-state index in [9.17, 15) is 38.5 Å². The number of likely N-dealkylation sites (N-methyl/N-ethyl adjacent to an activating group) is 1. The maximum Gasteiger partial charge on any atom is 0.255 e. The van der Waals surface area contributed by atoms with E-state index in [2.05, 4.69) is 0 Å². The van der Waals surface area contributed by atoms with Crippen LogP contribution in [-0.4, -0.2) is 68.9 Å². The fourth-order valence-corrected chi connectivity index (χ4v) is 6.84. The highest BCUT2D eigenvalue weighted by molar-refractivity contribution is 6.25. The van der Waals surface area contributed by atoms with Crippen LogP contribution in [0, 0.1) is 17.0 Å². The van der Waals surface area contributed by atoms with Gasteiger partial charge in [0.15, 0.2) is 11.6 Å². The van der Waals surface area contributed by atoms with Gasteiger partial charge >= 0.3 is 0 Å². The molecule has 9 N–H and O–H groups in total. The first-order valence-electron chi connectivity index (χ1n) is 12.3. The number of halogens is 2. The normalized spacial score (nSPS) is 29.9. The van der Waals surface area contributed by atoms with Gasteiger partial charge in [-0.25, -0.2) is 8.78 Å². The minimum Gasteiger partial charge on any atom is -0.510 e. The van der Waals surface area contributed by atoms with Crippen molar-refractivity contribution in [3.05, 3.63) is 70.0 Å². The van der Waals surface area contributed by atoms with E-state index in [0.29, 0.717) is 6.07 Å². The summed E-state index contributed by atoms with van der Waals surface area (Å²) in [5, 5.41) is 33.5. The summed E-state index contributed by atoms with van der Waals surface area (Å²) in [6.07, 6.45) is -0.607. The second-order valence-electron chi connectivity index (χ2n) is 11.2. The number of Topliss-reactive ketones (excluding diaryl/α,β-unsaturated/α-hetero) is 2. The first-order chi connectivity index (χ1) is 18.5. The molecule has 1 amide bonds. The Morgan fingerprint density at radius 2 is 1.65 bits per heavy atom. The van der Waals surface area contributed by atoms with E-state index in [-0.39, 0.29) is 40.7 Å². The average Bonchev–Trinajstić information content (AvgIpc) is 2.80. The van der Waals surface area contributed by atoms with E-state index in [1.807, 2.05) is 0 Å². The molecule has 3 aliphatic carbocycles. The number of nitrogens with zero attached hydrogens (tertiary/aromatic N) is 1. The molecule has 2 aromatic rings. The molecule has 1 saturated carbocycles. The Morgan fingerprint density at radius 1 is 1.05 bits per heavy atom. The molecule has 1 fully saturated rings. The lowest BCUT2D eigenvalue weighted by Crippen LogP contribution is -2.79. The molecule has 0 aromatic heterocycles. The maximum atomic E-state index is 14.3. The molecule has 0 bridgehead atoms. The molecular formula is C28H28F2N4O6. The second kappa shape index (κ2) is 8.43. The minimum absolute atomic E-state index is 0.0914. The number of hydrogen-bond donors (Lipinski definition) is 6. The van der Waals surface area contributed by atoms with Crippen LogP contribution in [0.2, 0.25) is 0 Å². The smallest absolute Gasteiger partial charge is 0.255 e. The molecule has 0 spiro atoms. The van der Waals surface area contributed by atoms with Crippen molar-refractivity contribution in [2.75, 3.05) is 14.1 Å². The summed E-state index contributed by atoms with van der Waals surface area (Å²) in [6.45, 7) is 1.25. The first-order valence-corrected chi connectivity index (χ1v) is 12.3. The number of carbonyl (C=O) groups is 3. The first kappa shape index (κ1) is 27.4. The van der Waals surface area contributed by atoms with Crippen LogP contribution < -0.4 is 17.2 Å². The van der Waals surface area contributed by atoms with Gasteiger partial charge in [0, 0.05) is 6.07 Å². The van der Waals surface area contributed by atoms with Crippen molar-refractivity contribution in [1.82, 2.24) is 4.90 Å². The third-order valence-electron chi connectivity index (χ3n) is 8.60. The van der Waals surface area contributed by atoms with E-state index in [4.69, 9.17) is 17.2 Å². The number of primary amides is 1. The summed E-state index contributed by atoms with van der Waals surface area (Å²) in [5.41, 5.74) is 12.5. The molecule has 12 heteroatoms. The predicted octanol–water partition coefficient (Wildman–Crippen LogP) is 1.35. The van der Waals surface area contributed by atoms with Crippen LogP contribution in [0.3, 0.4) is 0 Å². The number of ketones is 2. The lowest BCUT2D eigenvalue weighted by Gasteiger charge is -2.60. The number of rotatable bonds is 3. The van der Waals surface area contributed by atoms with E-state index in [1.165, 1.54) is 38.1 Å². The fourth-order valence-electron chi connectivity index (χ4n) is 6.84. The number of aliphatic hydroxyl groups is 2. The Hall–Kier alpha value is -4.13. The van der Waals surface area contributed by atoms with Gasteiger partial charge in [-0.1, -0.05) is 6.07 Å². The molecule has 0 saturated heterocycles. The number of amides is 1. The molecule has 40 heavy (non-hydrogen) atoms. The van der Waals surface area contributed by atoms with Crippen molar-refractivity contribution in [2.24, 2.45) is 22.6 Å². The van der Waals surface area contributed by atoms with Crippen LogP contribution in [0.1, 0.15) is 24.5 Å². The van der Waals surface area contributed by atoms with Gasteiger partial charge in [-0.2, -0.15) is 0 Å². The van der Waals surface area contributed by atoms with Crippen LogP contribution >= 0.6 is 0 Å². The maximum absolute atomic E-state index is 14.3. The molecule has 5 rings (SSSR count). The Balaban J connectivity index is 1.83. The van der Waals surface area contributed by atoms with Gasteiger partial charge in [-0.15, -0.1) is 0 Å². The Labute approximate surface area is 227 Å². The lowest BCUT2D eigenvalue weighted by atomic mass is 9.47. The number of aromatic hydroxyl groups is 1. The number of nitrogens with two attached hydrogens (primary N) is 3. The minimum atomic E-state index is -2.14. The average molecular weight is 555 g/mol. The number of benzene rings is 2. The molecule has 210 valence electrons. The standard InChI is InChI=1S/C28H28F2N4O6/c1-26-23(38)18(25(31)40)21(37)22(34(2)3)28(26,33)10-27(32)9-15-14(11-6-12(29)8-13(30)7-11)4-5-16(35)17(15)20(36)19(27)24(26)39/h4-8,22,35-36,38H,9-10,32-33H2,1-3H3,(H2,31,40)/t22-,26+,27-,28-/m1/s1. The molecule has 0 unspecified atom stereocenters. The number of hydrogen-bond acceptors (Lipinski definition) is 9. The second-order valence-corrected chi connectivity index (χ2v) is 11.2. The summed E-state index contributed by atoms with van der Waals surface area (Å²) < 4.78 is 28.2. The van der Waals surface area contributed by atoms with Crippen molar-refractivity contribution in [3.63, 3.8) is 0 Å². The molecule has 0 heterocycles. The summed E-state index contributed by atoms with van der Waals surface area (Å²) in [6, 6.07) is 4.08. The molecule has 2 aromatic carbocycles. The molecule has 3 aliphatic rings. The monoisotopic (exact) mass is 554 g/mol. The van der Waals surface area contributed by atoms with Crippen LogP contribution in [0.4, 0.5) is 8.78 Å². The van der Waals surface area contributed by atoms with Crippen molar-refractivity contribution in [3.8, 4) is 16.9 Å². The molecule has 4 atom stereocenters. The SMILES string of the molecule is CN(C)[C@@H]1C(=O)C(C(N)=O)=C(O)[C@@]2(C)C(=O)C3=C(O)c4c(O)ccc(-c5cc(F)cc(F)c5)c4C[C@@]3(N)C[C@@]12N. The topological polar surface area (TPSA) is 193 Å². The van der Waals surface area contributed by atoms with Gasteiger partial charge in [0.1, 0.15) is 39.9 Å². The summed E-state index contributed by atoms with van der Waals surface area (Å²) in [7, 11) is 3.00. The number of phenolic OH excluding ortho intramolecular Hbond substituents is 1. The Morgan fingerprint density at radius 3 is 2.20 bits per heavy atom. The van der Waals surface area contributed by atoms with Crippen molar-refractivity contribution in [2.45, 2.75) is 36.9 Å². The zero-order valence-electron chi connectivity index (χ0n) is 21.9. The van der Waals surface area contributed by atoms with Gasteiger partial charge in [0.25, 0.3) is 5.91 Å². The number of carbonyl (C=O) groups excluding carboxylic acids is 3. The number of fused-ring (bicyclic) bond motifs is 3. The van der Waals surface area contributed by atoms with Crippen LogP contribution in [0.25, 0.3) is 16.9 Å². The van der Waals surface area contributed by atoms with Gasteiger partial charge in [0.2, 0.25) is 0 Å². The van der Waals surface area contributed by atoms with Crippen molar-refractivity contribution < 1.29 is 38.5 Å². The van der Waals surface area contributed by atoms with E-state index in [0.717, 1.165) is 12.1 Å². The molecule has 10 nitrogen and oxygen atoms in total. The van der Waals surface area contributed by atoms with Gasteiger partial charge < -0.3 is 32.5 Å². The molecule has 0 radical (unpaired) electrons. The number of phenols is 1. The Bertz CT molecular complexity index is 1600. The zero-order valence-corrected chi connectivity index (χ0v) is 21.9. The van der Waals surface area contributed by atoms with E-state index < -0.39 is 74.5 Å². The highest BCUT2D eigenvalue weighted by atomic mass is 19.1. The van der Waals surface area contributed by atoms with Gasteiger partial charge in [-0.05, 0) is 68.8 Å². The third-order valence-corrected chi connectivity index (χ3v) is 8.60. The Kier molecular flexibility index (Phi) is 5.79. The largest absolute Gasteiger partial charge is 0.510 e. The predicted molar refractivity (Wildman–Crippen MR) is 140 cm³/mol. The quantitative estimate of drug-likeness (QED) is 0.304. The highest BCUT2D eigenvalue weighted by Crippen LogP contribution is 2.58.